The van der Waals surface area contributed by atoms with Gasteiger partial charge in [-0.25, -0.2) is 19.4 Å². The molecule has 3 heterocycles. The maximum atomic E-state index is 11.6. The Labute approximate surface area is 186 Å². The van der Waals surface area contributed by atoms with Gasteiger partial charge in [-0.3, -0.25) is 0 Å². The van der Waals surface area contributed by atoms with E-state index in [9.17, 15) is 4.79 Å². The molecular weight excluding hydrogens is 478 g/mol. The lowest BCUT2D eigenvalue weighted by atomic mass is 10.2. The fraction of sp³-hybridized carbons (Fsp3) is 0.722. The van der Waals surface area contributed by atoms with E-state index < -0.39 is 11.8 Å². The van der Waals surface area contributed by atoms with Gasteiger partial charge in [-0.05, 0) is 36.2 Å². The molecule has 1 saturated carbocycles. The smallest absolute Gasteiger partial charge is 0.331 e. The first-order chi connectivity index (χ1) is 14.3. The van der Waals surface area contributed by atoms with Gasteiger partial charge in [-0.15, -0.1) is 5.10 Å². The highest BCUT2D eigenvalue weighted by Crippen LogP contribution is 2.45. The van der Waals surface area contributed by atoms with Gasteiger partial charge in [-0.1, -0.05) is 23.9 Å². The first kappa shape index (κ1) is 21.9. The van der Waals surface area contributed by atoms with Crippen LogP contribution in [-0.4, -0.2) is 74.5 Å². The van der Waals surface area contributed by atoms with Crippen molar-refractivity contribution in [2.45, 2.75) is 68.9 Å². The van der Waals surface area contributed by atoms with Crippen LogP contribution in [-0.2, 0) is 23.7 Å². The third kappa shape index (κ3) is 4.20. The van der Waals surface area contributed by atoms with Gasteiger partial charge in [0.2, 0.25) is 0 Å². The number of carbonyl (C=O) groups excluding carboxylic acids is 1. The number of rotatable bonds is 7. The Morgan fingerprint density at radius 1 is 1.33 bits per heavy atom. The third-order valence-electron chi connectivity index (χ3n) is 5.04. The second kappa shape index (κ2) is 8.65. The number of nitrogens with zero attached hydrogens (tertiary/aromatic N) is 5. The Morgan fingerprint density at radius 3 is 2.83 bits per heavy atom. The zero-order valence-electron chi connectivity index (χ0n) is 17.2. The van der Waals surface area contributed by atoms with E-state index in [1.165, 1.54) is 7.11 Å². The number of hydrogen-bond donors (Lipinski definition) is 0. The van der Waals surface area contributed by atoms with Crippen LogP contribution in [0.25, 0.3) is 11.2 Å². The number of fused-ring (bicyclic) bond motifs is 2. The van der Waals surface area contributed by atoms with Crippen LogP contribution in [0.2, 0.25) is 0 Å². The van der Waals surface area contributed by atoms with Crippen LogP contribution in [0, 0.1) is 0 Å². The number of carbonyl (C=O) groups is 1. The van der Waals surface area contributed by atoms with E-state index in [1.54, 1.807) is 16.4 Å². The second-order valence-corrected chi connectivity index (χ2v) is 9.46. The molecule has 1 aliphatic heterocycles. The fourth-order valence-electron chi connectivity index (χ4n) is 3.80. The van der Waals surface area contributed by atoms with Gasteiger partial charge >= 0.3 is 5.97 Å². The van der Waals surface area contributed by atoms with Gasteiger partial charge in [0.05, 0.1) is 19.3 Å². The lowest BCUT2D eigenvalue weighted by molar-refractivity contribution is -0.173. The summed E-state index contributed by atoms with van der Waals surface area (Å²) >= 11 is 5.07. The molecule has 0 aromatic carbocycles. The van der Waals surface area contributed by atoms with E-state index in [1.807, 2.05) is 13.8 Å². The minimum Gasteiger partial charge on any atom is -0.467 e. The molecule has 0 bridgehead atoms. The Hall–Kier alpha value is -1.34. The molecular formula is C18H24BrN5O5S. The molecule has 2 aliphatic rings. The number of esters is 1. The summed E-state index contributed by atoms with van der Waals surface area (Å²) in [5.74, 6) is -0.286. The minimum atomic E-state index is -0.769. The highest BCUT2D eigenvalue weighted by molar-refractivity contribution is 9.10. The quantitative estimate of drug-likeness (QED) is 0.242. The maximum Gasteiger partial charge on any atom is 0.331 e. The van der Waals surface area contributed by atoms with E-state index >= 15 is 0 Å². The van der Waals surface area contributed by atoms with Crippen molar-refractivity contribution in [2.24, 2.45) is 0 Å². The number of methoxy groups -OCH3 is 1. The van der Waals surface area contributed by atoms with Crippen LogP contribution < -0.4 is 0 Å². The first-order valence-electron chi connectivity index (χ1n) is 9.78. The summed E-state index contributed by atoms with van der Waals surface area (Å²) in [7, 11) is 1.33. The molecule has 30 heavy (non-hydrogen) atoms. The summed E-state index contributed by atoms with van der Waals surface area (Å²) in [5.41, 5.74) is 1.21. The summed E-state index contributed by atoms with van der Waals surface area (Å²) in [5, 5.41) is 9.29. The van der Waals surface area contributed by atoms with Crippen LogP contribution in [0.4, 0.5) is 0 Å². The molecule has 10 nitrogen and oxygen atoms in total. The fourth-order valence-corrected chi connectivity index (χ4v) is 5.04. The second-order valence-electron chi connectivity index (χ2n) is 7.65. The van der Waals surface area contributed by atoms with E-state index in [2.05, 4.69) is 47.9 Å². The highest BCUT2D eigenvalue weighted by Gasteiger charge is 2.56. The van der Waals surface area contributed by atoms with Crippen LogP contribution in [0.1, 0.15) is 39.7 Å². The van der Waals surface area contributed by atoms with Crippen LogP contribution >= 0.6 is 27.7 Å². The van der Waals surface area contributed by atoms with Gasteiger partial charge in [0.1, 0.15) is 23.4 Å². The van der Waals surface area contributed by atoms with Gasteiger partial charge < -0.3 is 18.9 Å². The van der Waals surface area contributed by atoms with Crippen molar-refractivity contribution in [2.75, 3.05) is 19.5 Å². The Balaban J connectivity index is 1.66. The van der Waals surface area contributed by atoms with E-state index in [0.717, 1.165) is 12.2 Å². The average Bonchev–Trinajstić information content (AvgIpc) is 3.35. The van der Waals surface area contributed by atoms with Crippen LogP contribution in [0.5, 0.6) is 0 Å². The van der Waals surface area contributed by atoms with Gasteiger partial charge in [0.25, 0.3) is 0 Å². The molecule has 1 saturated heterocycles. The topological polar surface area (TPSA) is 110 Å². The third-order valence-corrected chi connectivity index (χ3v) is 6.64. The molecule has 2 aromatic rings. The Bertz CT molecular complexity index is 941. The lowest BCUT2D eigenvalue weighted by Gasteiger charge is -2.23. The summed E-state index contributed by atoms with van der Waals surface area (Å²) in [4.78, 5) is 20.7. The summed E-state index contributed by atoms with van der Waals surface area (Å²) < 4.78 is 25.1. The SMILES string of the molecule is CCCSc1nc(Br)c2nnn([C@@H]3C[C@H](OCC(=O)OC)C4OC(C)(C)OC43)c2n1. The summed E-state index contributed by atoms with van der Waals surface area (Å²) in [6.45, 7) is 5.68. The predicted octanol–water partition coefficient (Wildman–Crippen LogP) is 2.51. The van der Waals surface area contributed by atoms with Crippen LogP contribution in [0.3, 0.4) is 0 Å². The molecule has 4 atom stereocenters. The van der Waals surface area contributed by atoms with Gasteiger partial charge in [0.15, 0.2) is 22.1 Å². The first-order valence-corrected chi connectivity index (χ1v) is 11.6. The molecule has 2 aromatic heterocycles. The van der Waals surface area contributed by atoms with Crippen molar-refractivity contribution in [3.8, 4) is 0 Å². The van der Waals surface area contributed by atoms with Crippen molar-refractivity contribution < 1.29 is 23.7 Å². The molecule has 0 spiro atoms. The Kier molecular flexibility index (Phi) is 6.31. The van der Waals surface area contributed by atoms with Crippen LogP contribution in [0.15, 0.2) is 9.76 Å². The van der Waals surface area contributed by atoms with Crippen molar-refractivity contribution >= 4 is 44.8 Å². The number of hydrogen-bond acceptors (Lipinski definition) is 10. The van der Waals surface area contributed by atoms with E-state index in [-0.39, 0.29) is 31.0 Å². The van der Waals surface area contributed by atoms with E-state index in [0.29, 0.717) is 27.3 Å². The highest BCUT2D eigenvalue weighted by atomic mass is 79.9. The zero-order chi connectivity index (χ0) is 21.5. The lowest BCUT2D eigenvalue weighted by Crippen LogP contribution is -2.32. The monoisotopic (exact) mass is 501 g/mol. The van der Waals surface area contributed by atoms with Gasteiger partial charge in [-0.2, -0.15) is 0 Å². The zero-order valence-corrected chi connectivity index (χ0v) is 19.6. The molecule has 0 amide bonds. The number of aromatic nitrogens is 5. The molecule has 2 fully saturated rings. The molecule has 0 radical (unpaired) electrons. The predicted molar refractivity (Wildman–Crippen MR) is 111 cm³/mol. The summed E-state index contributed by atoms with van der Waals surface area (Å²) in [6.07, 6.45) is 0.563. The average molecular weight is 502 g/mol. The Morgan fingerprint density at radius 2 is 2.10 bits per heavy atom. The van der Waals surface area contributed by atoms with Crippen molar-refractivity contribution in [1.82, 2.24) is 25.0 Å². The number of halogens is 1. The normalized spacial score (nSPS) is 27.5. The molecule has 0 N–H and O–H groups in total. The standard InChI is InChI=1S/C18H24BrN5O5S/c1-5-6-30-17-20-15(19)12-16(21-17)24(23-22-12)9-7-10(27-8-11(25)26-4)14-13(9)28-18(2,3)29-14/h9-10,13-14H,5-8H2,1-4H3/t9-,10+,13?,14?/m1/s1. The molecule has 12 heteroatoms. The van der Waals surface area contributed by atoms with Crippen molar-refractivity contribution in [3.63, 3.8) is 0 Å². The largest absolute Gasteiger partial charge is 0.467 e. The number of thioether (sulfide) groups is 1. The van der Waals surface area contributed by atoms with Gasteiger partial charge in [0, 0.05) is 12.2 Å². The molecule has 2 unspecified atom stereocenters. The van der Waals surface area contributed by atoms with Crippen molar-refractivity contribution in [3.05, 3.63) is 4.60 Å². The molecule has 164 valence electrons. The maximum absolute atomic E-state index is 11.6. The minimum absolute atomic E-state index is 0.148. The molecule has 1 aliphatic carbocycles. The number of ether oxygens (including phenoxy) is 4. The molecule has 4 rings (SSSR count). The van der Waals surface area contributed by atoms with E-state index in [4.69, 9.17) is 14.2 Å². The van der Waals surface area contributed by atoms with Crippen molar-refractivity contribution in [1.29, 1.82) is 0 Å². The summed E-state index contributed by atoms with van der Waals surface area (Å²) in [6, 6.07) is -0.213.